The van der Waals surface area contributed by atoms with Gasteiger partial charge in [0.15, 0.2) is 12.6 Å². The van der Waals surface area contributed by atoms with E-state index in [1.54, 1.807) is 14.0 Å². The molecule has 4 aliphatic heterocycles. The predicted molar refractivity (Wildman–Crippen MR) is 181 cm³/mol. The first-order valence-electron chi connectivity index (χ1n) is 18.4. The molecule has 0 aromatic rings. The maximum Gasteiger partial charge on any atom is 0.311 e. The zero-order valence-electron chi connectivity index (χ0n) is 31.9. The van der Waals surface area contributed by atoms with E-state index >= 15 is 0 Å². The second-order valence-corrected chi connectivity index (χ2v) is 16.5. The first-order chi connectivity index (χ1) is 22.3. The van der Waals surface area contributed by atoms with E-state index in [0.29, 0.717) is 12.8 Å². The summed E-state index contributed by atoms with van der Waals surface area (Å²) in [4.78, 5) is 16.1. The number of aliphatic hydroxyl groups is 2. The fourth-order valence-corrected chi connectivity index (χ4v) is 9.22. The van der Waals surface area contributed by atoms with Crippen molar-refractivity contribution in [1.82, 2.24) is 4.90 Å². The highest BCUT2D eigenvalue weighted by Gasteiger charge is 2.56. The highest BCUT2D eigenvalue weighted by Crippen LogP contribution is 2.47. The van der Waals surface area contributed by atoms with E-state index in [1.807, 2.05) is 46.7 Å². The van der Waals surface area contributed by atoms with Crippen LogP contribution in [0.3, 0.4) is 0 Å². The Labute approximate surface area is 289 Å². The molecule has 0 saturated carbocycles. The number of cyclic esters (lactones) is 1. The summed E-state index contributed by atoms with van der Waals surface area (Å²) in [6, 6.07) is -0.156. The van der Waals surface area contributed by atoms with E-state index in [1.165, 1.54) is 0 Å². The van der Waals surface area contributed by atoms with Gasteiger partial charge < -0.3 is 48.3 Å². The van der Waals surface area contributed by atoms with Crippen molar-refractivity contribution in [3.05, 3.63) is 0 Å². The molecule has 0 amide bonds. The molecule has 0 aromatic carbocycles. The van der Waals surface area contributed by atoms with Crippen molar-refractivity contribution in [2.24, 2.45) is 29.6 Å². The molecule has 0 radical (unpaired) electrons. The van der Waals surface area contributed by atoms with Crippen LogP contribution < -0.4 is 0 Å². The third kappa shape index (κ3) is 8.26. The average Bonchev–Trinajstić information content (AvgIpc) is 3.34. The van der Waals surface area contributed by atoms with Gasteiger partial charge in [-0.1, -0.05) is 34.6 Å². The lowest BCUT2D eigenvalue weighted by Crippen LogP contribution is -2.60. The predicted octanol–water partition coefficient (Wildman–Crippen LogP) is 4.54. The van der Waals surface area contributed by atoms with Crippen LogP contribution in [0, 0.1) is 29.6 Å². The van der Waals surface area contributed by atoms with Gasteiger partial charge in [0.25, 0.3) is 0 Å². The van der Waals surface area contributed by atoms with Crippen molar-refractivity contribution >= 4 is 5.97 Å². The molecule has 0 aliphatic carbocycles. The number of hydrogen-bond acceptors (Lipinski definition) is 11. The molecule has 11 heteroatoms. The van der Waals surface area contributed by atoms with E-state index in [-0.39, 0.29) is 54.5 Å². The van der Waals surface area contributed by atoms with Gasteiger partial charge in [-0.2, -0.15) is 0 Å². The third-order valence-electron chi connectivity index (χ3n) is 12.1. The first kappa shape index (κ1) is 39.9. The Hall–Kier alpha value is -0.890. The fourth-order valence-electron chi connectivity index (χ4n) is 9.22. The van der Waals surface area contributed by atoms with Crippen molar-refractivity contribution in [3.63, 3.8) is 0 Å². The van der Waals surface area contributed by atoms with Crippen molar-refractivity contribution in [1.29, 1.82) is 0 Å². The normalized spacial score (nSPS) is 51.1. The standard InChI is InChI=1S/C37H67NO10/c1-14-27-19(2)15-20(3)30-21(4)17-37(10,48-30)33(47-35-29(39)26(38(11)12)16-22(5)43-35)23(6)31(24(7)34(41)45-27)46-28-18-36(9,42-13)32(40)25(8)44-28/h19-33,35,39-40H,14-18H2,1-13H3/t19-,20-,21-,22-,23+,24-,25+,26+,27-,28+,29-,30-,31+,32+,33-,35+,36-,37-/m1/s1. The molecular formula is C37H67NO10. The zero-order valence-corrected chi connectivity index (χ0v) is 31.9. The summed E-state index contributed by atoms with van der Waals surface area (Å²) in [5, 5.41) is 22.5. The molecule has 4 heterocycles. The molecule has 0 spiro atoms. The van der Waals surface area contributed by atoms with Gasteiger partial charge in [0, 0.05) is 25.5 Å². The molecule has 4 fully saturated rings. The molecule has 280 valence electrons. The Bertz CT molecular complexity index is 1060. The fraction of sp³-hybridized carbons (Fsp3) is 0.973. The molecule has 18 atom stereocenters. The Morgan fingerprint density at radius 3 is 2.19 bits per heavy atom. The van der Waals surface area contributed by atoms with E-state index in [9.17, 15) is 15.0 Å². The molecule has 0 aromatic heterocycles. The quantitative estimate of drug-likeness (QED) is 0.367. The Morgan fingerprint density at radius 2 is 1.58 bits per heavy atom. The number of rotatable bonds is 7. The van der Waals surface area contributed by atoms with Gasteiger partial charge in [-0.3, -0.25) is 4.79 Å². The minimum absolute atomic E-state index is 0.0291. The van der Waals surface area contributed by atoms with Crippen LogP contribution in [-0.4, -0.2) is 121 Å². The number of fused-ring (bicyclic) bond motifs is 2. The minimum Gasteiger partial charge on any atom is -0.462 e. The second kappa shape index (κ2) is 15.8. The molecule has 4 rings (SSSR count). The average molecular weight is 686 g/mol. The van der Waals surface area contributed by atoms with E-state index in [2.05, 4.69) is 34.6 Å². The Morgan fingerprint density at radius 1 is 0.917 bits per heavy atom. The maximum absolute atomic E-state index is 14.1. The zero-order chi connectivity index (χ0) is 35.9. The van der Waals surface area contributed by atoms with Gasteiger partial charge in [0.05, 0.1) is 47.6 Å². The lowest BCUT2D eigenvalue weighted by atomic mass is 9.77. The van der Waals surface area contributed by atoms with E-state index in [4.69, 9.17) is 33.2 Å². The number of carbonyl (C=O) groups is 1. The number of hydrogen-bond donors (Lipinski definition) is 2. The minimum atomic E-state index is -0.915. The summed E-state index contributed by atoms with van der Waals surface area (Å²) in [5.41, 5.74) is -1.69. The third-order valence-corrected chi connectivity index (χ3v) is 12.1. The largest absolute Gasteiger partial charge is 0.462 e. The van der Waals surface area contributed by atoms with Crippen LogP contribution >= 0.6 is 0 Å². The summed E-state index contributed by atoms with van der Waals surface area (Å²) in [6.45, 7) is 20.3. The first-order valence-corrected chi connectivity index (χ1v) is 18.4. The highest BCUT2D eigenvalue weighted by atomic mass is 16.7. The van der Waals surface area contributed by atoms with Crippen LogP contribution in [0.1, 0.15) is 101 Å². The molecular weight excluding hydrogens is 618 g/mol. The lowest BCUT2D eigenvalue weighted by Gasteiger charge is -2.48. The lowest BCUT2D eigenvalue weighted by molar-refractivity contribution is -0.318. The number of aliphatic hydroxyl groups excluding tert-OH is 2. The van der Waals surface area contributed by atoms with Crippen molar-refractivity contribution in [2.75, 3.05) is 21.2 Å². The summed E-state index contributed by atoms with van der Waals surface area (Å²) in [7, 11) is 5.48. The van der Waals surface area contributed by atoms with Crippen LogP contribution in [0.5, 0.6) is 0 Å². The number of esters is 1. The second-order valence-electron chi connectivity index (χ2n) is 16.5. The van der Waals surface area contributed by atoms with Gasteiger partial charge >= 0.3 is 5.97 Å². The molecule has 4 aliphatic rings. The van der Waals surface area contributed by atoms with E-state index in [0.717, 1.165) is 12.8 Å². The van der Waals surface area contributed by atoms with Crippen molar-refractivity contribution in [2.45, 2.75) is 180 Å². The van der Waals surface area contributed by atoms with Gasteiger partial charge in [0.2, 0.25) is 0 Å². The Kier molecular flexibility index (Phi) is 13.1. The van der Waals surface area contributed by atoms with Crippen LogP contribution in [0.4, 0.5) is 0 Å². The number of nitrogens with zero attached hydrogens (tertiary/aromatic N) is 1. The summed E-state index contributed by atoms with van der Waals surface area (Å²) < 4.78 is 45.5. The monoisotopic (exact) mass is 685 g/mol. The van der Waals surface area contributed by atoms with E-state index < -0.39 is 66.1 Å². The smallest absolute Gasteiger partial charge is 0.311 e. The number of ether oxygens (including phenoxy) is 7. The molecule has 2 N–H and O–H groups in total. The van der Waals surface area contributed by atoms with Crippen molar-refractivity contribution < 1.29 is 48.2 Å². The van der Waals surface area contributed by atoms with Gasteiger partial charge in [-0.25, -0.2) is 0 Å². The molecule has 4 saturated heterocycles. The van der Waals surface area contributed by atoms with Crippen LogP contribution in [0.15, 0.2) is 0 Å². The Balaban J connectivity index is 1.79. The van der Waals surface area contributed by atoms with Gasteiger partial charge in [-0.05, 0) is 92.2 Å². The van der Waals surface area contributed by atoms with Crippen LogP contribution in [0.25, 0.3) is 0 Å². The summed E-state index contributed by atoms with van der Waals surface area (Å²) in [5.74, 6) is -0.883. The number of likely N-dealkylation sites (N-methyl/N-ethyl adjacent to an activating group) is 1. The summed E-state index contributed by atoms with van der Waals surface area (Å²) in [6.07, 6.45) is -2.57. The molecule has 48 heavy (non-hydrogen) atoms. The number of methoxy groups -OCH3 is 1. The molecule has 0 unspecified atom stereocenters. The highest BCUT2D eigenvalue weighted by molar-refractivity contribution is 5.73. The van der Waals surface area contributed by atoms with Crippen molar-refractivity contribution in [3.8, 4) is 0 Å². The van der Waals surface area contributed by atoms with Gasteiger partial charge in [0.1, 0.15) is 18.3 Å². The number of carbonyl (C=O) groups excluding carboxylic acids is 1. The van der Waals surface area contributed by atoms with Crippen LogP contribution in [0.2, 0.25) is 0 Å². The molecule has 11 nitrogen and oxygen atoms in total. The maximum atomic E-state index is 14.1. The van der Waals surface area contributed by atoms with Crippen LogP contribution in [-0.2, 0) is 38.0 Å². The van der Waals surface area contributed by atoms with Gasteiger partial charge in [-0.15, -0.1) is 0 Å². The topological polar surface area (TPSA) is 125 Å². The SMILES string of the molecule is CC[C@H]1OC(=O)[C@H](C)[C@@H](O[C@H]2C[C@@](C)(OC)[C@@H](O)[C@H](C)O2)[C@H](C)[C@@H](O[C@@H]2O[C@H](C)C[C@H](N(C)C)[C@H]2O)[C@@]2(C)C[C@@H](C)[C@H](O2)[C@H](C)C[C@H]1C. The molecule has 2 bridgehead atoms. The summed E-state index contributed by atoms with van der Waals surface area (Å²) >= 11 is 0.